The third-order valence-electron chi connectivity index (χ3n) is 6.19. The molecule has 4 rings (SSSR count). The van der Waals surface area contributed by atoms with E-state index in [0.717, 1.165) is 38.5 Å². The van der Waals surface area contributed by atoms with E-state index < -0.39 is 11.9 Å². The van der Waals surface area contributed by atoms with Crippen LogP contribution in [0.3, 0.4) is 0 Å². The van der Waals surface area contributed by atoms with Crippen LogP contribution in [0.4, 0.5) is 0 Å². The average molecular weight is 313 g/mol. The summed E-state index contributed by atoms with van der Waals surface area (Å²) in [5.41, 5.74) is 2.52. The van der Waals surface area contributed by atoms with Crippen LogP contribution >= 0.6 is 0 Å². The summed E-state index contributed by atoms with van der Waals surface area (Å²) >= 11 is 0. The van der Waals surface area contributed by atoms with Gasteiger partial charge in [-0.05, 0) is 61.5 Å². The van der Waals surface area contributed by atoms with Crippen LogP contribution < -0.4 is 5.32 Å². The number of carboxylic acid groups (broad SMARTS) is 1. The first-order valence-corrected chi connectivity index (χ1v) is 8.76. The Morgan fingerprint density at radius 2 is 1.78 bits per heavy atom. The predicted molar refractivity (Wildman–Crippen MR) is 85.7 cm³/mol. The lowest BCUT2D eigenvalue weighted by molar-refractivity contribution is -0.149. The van der Waals surface area contributed by atoms with E-state index in [0.29, 0.717) is 0 Å². The van der Waals surface area contributed by atoms with Crippen LogP contribution in [0, 0.1) is 23.7 Å². The Bertz CT molecular complexity index is 641. The largest absolute Gasteiger partial charge is 0.481 e. The Labute approximate surface area is 136 Å². The number of carbonyl (C=O) groups excluding carboxylic acids is 1. The van der Waals surface area contributed by atoms with Crippen molar-refractivity contribution in [2.45, 2.75) is 44.6 Å². The maximum Gasteiger partial charge on any atom is 0.307 e. The maximum atomic E-state index is 12.9. The molecule has 122 valence electrons. The molecule has 0 saturated heterocycles. The lowest BCUT2D eigenvalue weighted by Crippen LogP contribution is -2.43. The van der Waals surface area contributed by atoms with Crippen LogP contribution in [-0.4, -0.2) is 17.0 Å². The van der Waals surface area contributed by atoms with E-state index in [9.17, 15) is 14.7 Å². The van der Waals surface area contributed by atoms with Crippen LogP contribution in [0.1, 0.15) is 49.3 Å². The first-order chi connectivity index (χ1) is 11.1. The first-order valence-electron chi connectivity index (χ1n) is 8.76. The van der Waals surface area contributed by atoms with Crippen molar-refractivity contribution in [3.63, 3.8) is 0 Å². The molecule has 2 fully saturated rings. The molecule has 0 spiro atoms. The molecule has 0 aromatic heterocycles. The molecule has 2 saturated carbocycles. The summed E-state index contributed by atoms with van der Waals surface area (Å²) in [5, 5.41) is 12.7. The van der Waals surface area contributed by atoms with E-state index >= 15 is 0 Å². The molecule has 0 unspecified atom stereocenters. The number of fused-ring (bicyclic) bond motifs is 3. The Morgan fingerprint density at radius 3 is 2.57 bits per heavy atom. The van der Waals surface area contributed by atoms with Crippen LogP contribution in [-0.2, 0) is 16.0 Å². The average Bonchev–Trinajstić information content (AvgIpc) is 3.16. The summed E-state index contributed by atoms with van der Waals surface area (Å²) in [6.45, 7) is 0. The fraction of sp³-hybridized carbons (Fsp3) is 0.579. The number of carbonyl (C=O) groups is 2. The van der Waals surface area contributed by atoms with Gasteiger partial charge in [-0.15, -0.1) is 0 Å². The fourth-order valence-electron chi connectivity index (χ4n) is 5.20. The van der Waals surface area contributed by atoms with Gasteiger partial charge in [0, 0.05) is 0 Å². The number of rotatable bonds is 3. The maximum absolute atomic E-state index is 12.9. The van der Waals surface area contributed by atoms with E-state index in [1.165, 1.54) is 11.1 Å². The molecule has 23 heavy (non-hydrogen) atoms. The van der Waals surface area contributed by atoms with Gasteiger partial charge in [0.1, 0.15) is 0 Å². The summed E-state index contributed by atoms with van der Waals surface area (Å²) in [6, 6.07) is 8.32. The SMILES string of the molecule is O=C(O)[C@@H]1[C@H]2CC[C@@H](C2)[C@H]1C(=O)N[C@H]1CCCc2ccccc21. The molecule has 3 aliphatic rings. The second kappa shape index (κ2) is 5.66. The number of aliphatic carboxylic acids is 1. The quantitative estimate of drug-likeness (QED) is 0.901. The van der Waals surface area contributed by atoms with E-state index in [1.54, 1.807) is 0 Å². The molecular weight excluding hydrogens is 290 g/mol. The van der Waals surface area contributed by atoms with Crippen molar-refractivity contribution in [3.8, 4) is 0 Å². The number of hydrogen-bond donors (Lipinski definition) is 2. The van der Waals surface area contributed by atoms with Gasteiger partial charge in [0.25, 0.3) is 0 Å². The van der Waals surface area contributed by atoms with Gasteiger partial charge in [0.15, 0.2) is 0 Å². The molecule has 3 aliphatic carbocycles. The van der Waals surface area contributed by atoms with Gasteiger partial charge in [-0.3, -0.25) is 9.59 Å². The van der Waals surface area contributed by atoms with Crippen molar-refractivity contribution in [3.05, 3.63) is 35.4 Å². The summed E-state index contributed by atoms with van der Waals surface area (Å²) < 4.78 is 0. The smallest absolute Gasteiger partial charge is 0.307 e. The van der Waals surface area contributed by atoms with Gasteiger partial charge in [-0.2, -0.15) is 0 Å². The molecule has 1 amide bonds. The molecule has 2 N–H and O–H groups in total. The molecule has 2 bridgehead atoms. The van der Waals surface area contributed by atoms with Gasteiger partial charge in [-0.25, -0.2) is 0 Å². The van der Waals surface area contributed by atoms with Gasteiger partial charge in [-0.1, -0.05) is 24.3 Å². The Balaban J connectivity index is 1.54. The zero-order chi connectivity index (χ0) is 16.0. The normalized spacial score (nSPS) is 34.9. The number of benzene rings is 1. The molecular formula is C19H23NO3. The number of aryl methyl sites for hydroxylation is 1. The van der Waals surface area contributed by atoms with E-state index in [2.05, 4.69) is 17.4 Å². The predicted octanol–water partition coefficient (Wildman–Crippen LogP) is 2.93. The van der Waals surface area contributed by atoms with Crippen LogP contribution in [0.5, 0.6) is 0 Å². The summed E-state index contributed by atoms with van der Waals surface area (Å²) in [6.07, 6.45) is 5.97. The number of amides is 1. The van der Waals surface area contributed by atoms with Crippen molar-refractivity contribution < 1.29 is 14.7 Å². The highest BCUT2D eigenvalue weighted by Gasteiger charge is 2.54. The van der Waals surface area contributed by atoms with Crippen molar-refractivity contribution in [2.24, 2.45) is 23.7 Å². The zero-order valence-corrected chi connectivity index (χ0v) is 13.2. The molecule has 0 aliphatic heterocycles. The van der Waals surface area contributed by atoms with Crippen molar-refractivity contribution in [1.29, 1.82) is 0 Å². The second-order valence-corrected chi connectivity index (χ2v) is 7.38. The highest BCUT2D eigenvalue weighted by Crippen LogP contribution is 2.52. The van der Waals surface area contributed by atoms with Crippen molar-refractivity contribution >= 4 is 11.9 Å². The first kappa shape index (κ1) is 14.7. The van der Waals surface area contributed by atoms with Crippen molar-refractivity contribution in [1.82, 2.24) is 5.32 Å². The minimum atomic E-state index is -0.790. The number of carboxylic acids is 1. The third kappa shape index (κ3) is 2.44. The second-order valence-electron chi connectivity index (χ2n) is 7.38. The number of nitrogens with one attached hydrogen (secondary N) is 1. The van der Waals surface area contributed by atoms with E-state index in [4.69, 9.17) is 0 Å². The Morgan fingerprint density at radius 1 is 1.04 bits per heavy atom. The zero-order valence-electron chi connectivity index (χ0n) is 13.2. The highest BCUT2D eigenvalue weighted by molar-refractivity contribution is 5.86. The number of hydrogen-bond acceptors (Lipinski definition) is 2. The summed E-state index contributed by atoms with van der Waals surface area (Å²) in [4.78, 5) is 24.5. The molecule has 0 radical (unpaired) electrons. The Hall–Kier alpha value is -1.84. The van der Waals surface area contributed by atoms with Crippen LogP contribution in [0.25, 0.3) is 0 Å². The summed E-state index contributed by atoms with van der Waals surface area (Å²) in [7, 11) is 0. The molecule has 4 nitrogen and oxygen atoms in total. The molecule has 1 aromatic rings. The monoisotopic (exact) mass is 313 g/mol. The molecule has 4 heteroatoms. The molecule has 5 atom stereocenters. The van der Waals surface area contributed by atoms with Crippen molar-refractivity contribution in [2.75, 3.05) is 0 Å². The molecule has 0 heterocycles. The van der Waals surface area contributed by atoms with Gasteiger partial charge in [0.2, 0.25) is 5.91 Å². The standard InChI is InChI=1S/C19H23NO3/c21-18(16-12-8-9-13(10-12)17(16)19(22)23)20-15-7-3-5-11-4-1-2-6-14(11)15/h1-2,4,6,12-13,15-17H,3,5,7-10H2,(H,20,21)(H,22,23)/t12-,13-,15-,16+,17+/m0/s1. The topological polar surface area (TPSA) is 66.4 Å². The lowest BCUT2D eigenvalue weighted by atomic mass is 9.78. The third-order valence-corrected chi connectivity index (χ3v) is 6.19. The Kier molecular flexibility index (Phi) is 3.63. The van der Waals surface area contributed by atoms with E-state index in [1.807, 2.05) is 12.1 Å². The molecule has 1 aromatic carbocycles. The summed E-state index contributed by atoms with van der Waals surface area (Å²) in [5.74, 6) is -1.17. The minimum Gasteiger partial charge on any atom is -0.481 e. The van der Waals surface area contributed by atoms with E-state index in [-0.39, 0.29) is 29.7 Å². The van der Waals surface area contributed by atoms with Gasteiger partial charge in [0.05, 0.1) is 17.9 Å². The van der Waals surface area contributed by atoms with Crippen LogP contribution in [0.2, 0.25) is 0 Å². The fourth-order valence-corrected chi connectivity index (χ4v) is 5.20. The minimum absolute atomic E-state index is 0.0358. The van der Waals surface area contributed by atoms with Gasteiger partial charge >= 0.3 is 5.97 Å². The lowest BCUT2D eigenvalue weighted by Gasteiger charge is -2.31. The van der Waals surface area contributed by atoms with Gasteiger partial charge < -0.3 is 10.4 Å². The highest BCUT2D eigenvalue weighted by atomic mass is 16.4. The van der Waals surface area contributed by atoms with Crippen LogP contribution in [0.15, 0.2) is 24.3 Å².